The standard InChI is InChI=1S/C17H17FN2/c1-12(19)16-11-20(17-5-3-2-4-15(16)17)10-13-6-8-14(18)9-7-13/h2-9,11-12H,10,19H2,1H3/t12-/m0/s1. The molecule has 102 valence electrons. The van der Waals surface area contributed by atoms with Gasteiger partial charge in [0.15, 0.2) is 0 Å². The first-order chi connectivity index (χ1) is 9.65. The Kier molecular flexibility index (Phi) is 3.28. The van der Waals surface area contributed by atoms with E-state index in [4.69, 9.17) is 5.73 Å². The molecule has 0 radical (unpaired) electrons. The number of para-hydroxylation sites is 1. The minimum atomic E-state index is -0.206. The summed E-state index contributed by atoms with van der Waals surface area (Å²) in [6, 6.07) is 14.8. The maximum absolute atomic E-state index is 13.0. The highest BCUT2D eigenvalue weighted by molar-refractivity contribution is 5.84. The quantitative estimate of drug-likeness (QED) is 0.768. The molecule has 0 fully saturated rings. The van der Waals surface area contributed by atoms with E-state index in [0.29, 0.717) is 6.54 Å². The second kappa shape index (κ2) is 5.10. The van der Waals surface area contributed by atoms with Crippen LogP contribution in [-0.4, -0.2) is 4.57 Å². The van der Waals surface area contributed by atoms with Crippen LogP contribution in [0.2, 0.25) is 0 Å². The van der Waals surface area contributed by atoms with E-state index in [-0.39, 0.29) is 11.9 Å². The molecule has 2 aromatic carbocycles. The van der Waals surface area contributed by atoms with Crippen LogP contribution in [0, 0.1) is 5.82 Å². The molecule has 0 bridgehead atoms. The molecule has 0 saturated heterocycles. The molecule has 1 heterocycles. The first-order valence-corrected chi connectivity index (χ1v) is 6.73. The number of hydrogen-bond donors (Lipinski definition) is 1. The highest BCUT2D eigenvalue weighted by Gasteiger charge is 2.11. The lowest BCUT2D eigenvalue weighted by atomic mass is 10.1. The van der Waals surface area contributed by atoms with Crippen LogP contribution in [0.15, 0.2) is 54.7 Å². The van der Waals surface area contributed by atoms with Crippen molar-refractivity contribution in [3.63, 3.8) is 0 Å². The Balaban J connectivity index is 2.05. The average molecular weight is 268 g/mol. The largest absolute Gasteiger partial charge is 0.343 e. The Hall–Kier alpha value is -2.13. The van der Waals surface area contributed by atoms with E-state index in [1.54, 1.807) is 0 Å². The van der Waals surface area contributed by atoms with Crippen LogP contribution in [0.4, 0.5) is 4.39 Å². The zero-order chi connectivity index (χ0) is 14.1. The first-order valence-electron chi connectivity index (χ1n) is 6.73. The van der Waals surface area contributed by atoms with Gasteiger partial charge in [-0.15, -0.1) is 0 Å². The molecule has 0 saturated carbocycles. The molecule has 2 nitrogen and oxygen atoms in total. The molecule has 0 aliphatic heterocycles. The lowest BCUT2D eigenvalue weighted by Gasteiger charge is -2.05. The van der Waals surface area contributed by atoms with E-state index >= 15 is 0 Å². The third-order valence-corrected chi connectivity index (χ3v) is 3.58. The second-order valence-electron chi connectivity index (χ2n) is 5.14. The molecule has 1 atom stereocenters. The van der Waals surface area contributed by atoms with Crippen molar-refractivity contribution in [2.45, 2.75) is 19.5 Å². The molecule has 20 heavy (non-hydrogen) atoms. The van der Waals surface area contributed by atoms with Crippen molar-refractivity contribution in [2.75, 3.05) is 0 Å². The molecule has 0 unspecified atom stereocenters. The van der Waals surface area contributed by atoms with Crippen LogP contribution in [-0.2, 0) is 6.54 Å². The third kappa shape index (κ3) is 2.32. The van der Waals surface area contributed by atoms with E-state index in [0.717, 1.165) is 16.6 Å². The fourth-order valence-electron chi connectivity index (χ4n) is 2.56. The summed E-state index contributed by atoms with van der Waals surface area (Å²) in [7, 11) is 0. The SMILES string of the molecule is C[C@H](N)c1cn(Cc2ccc(F)cc2)c2ccccc12. The van der Waals surface area contributed by atoms with Gasteiger partial charge in [-0.3, -0.25) is 0 Å². The number of nitrogens with zero attached hydrogens (tertiary/aromatic N) is 1. The molecule has 0 aliphatic rings. The zero-order valence-corrected chi connectivity index (χ0v) is 11.4. The Bertz CT molecular complexity index is 726. The van der Waals surface area contributed by atoms with Crippen molar-refractivity contribution in [3.8, 4) is 0 Å². The first kappa shape index (κ1) is 12.9. The summed E-state index contributed by atoms with van der Waals surface area (Å²) in [5, 5.41) is 1.18. The topological polar surface area (TPSA) is 30.9 Å². The van der Waals surface area contributed by atoms with Crippen molar-refractivity contribution >= 4 is 10.9 Å². The van der Waals surface area contributed by atoms with Crippen LogP contribution in [0.5, 0.6) is 0 Å². The molecule has 0 aliphatic carbocycles. The lowest BCUT2D eigenvalue weighted by Crippen LogP contribution is -2.04. The Labute approximate surface area is 117 Å². The van der Waals surface area contributed by atoms with Gasteiger partial charge in [-0.05, 0) is 36.2 Å². The van der Waals surface area contributed by atoms with Crippen molar-refractivity contribution in [1.82, 2.24) is 4.57 Å². The van der Waals surface area contributed by atoms with E-state index in [1.165, 1.54) is 17.5 Å². The number of nitrogens with two attached hydrogens (primary N) is 1. The summed E-state index contributed by atoms with van der Waals surface area (Å²) in [5.41, 5.74) is 9.41. The van der Waals surface area contributed by atoms with Gasteiger partial charge >= 0.3 is 0 Å². The number of halogens is 1. The number of aromatic nitrogens is 1. The highest BCUT2D eigenvalue weighted by atomic mass is 19.1. The molecule has 1 aromatic heterocycles. The molecule has 3 rings (SSSR count). The Morgan fingerprint density at radius 2 is 1.80 bits per heavy atom. The Morgan fingerprint density at radius 3 is 2.50 bits per heavy atom. The maximum Gasteiger partial charge on any atom is 0.123 e. The minimum absolute atomic E-state index is 0.00521. The van der Waals surface area contributed by atoms with Crippen LogP contribution >= 0.6 is 0 Å². The molecule has 3 heteroatoms. The lowest BCUT2D eigenvalue weighted by molar-refractivity contribution is 0.626. The number of hydrogen-bond acceptors (Lipinski definition) is 1. The van der Waals surface area contributed by atoms with Crippen LogP contribution in [0.3, 0.4) is 0 Å². The van der Waals surface area contributed by atoms with E-state index < -0.39 is 0 Å². The van der Waals surface area contributed by atoms with Gasteiger partial charge in [0.05, 0.1) is 0 Å². The average Bonchev–Trinajstić information content (AvgIpc) is 2.81. The van der Waals surface area contributed by atoms with Crippen LogP contribution < -0.4 is 5.73 Å². The monoisotopic (exact) mass is 268 g/mol. The summed E-state index contributed by atoms with van der Waals surface area (Å²) in [4.78, 5) is 0. The predicted octanol–water partition coefficient (Wildman–Crippen LogP) is 3.85. The van der Waals surface area contributed by atoms with Crippen molar-refractivity contribution in [2.24, 2.45) is 5.73 Å². The normalized spacial score (nSPS) is 12.8. The van der Waals surface area contributed by atoms with Crippen LogP contribution in [0.1, 0.15) is 24.1 Å². The van der Waals surface area contributed by atoms with Gasteiger partial charge in [-0.1, -0.05) is 30.3 Å². The molecular weight excluding hydrogens is 251 g/mol. The van der Waals surface area contributed by atoms with Crippen LogP contribution in [0.25, 0.3) is 10.9 Å². The zero-order valence-electron chi connectivity index (χ0n) is 11.4. The van der Waals surface area contributed by atoms with E-state index in [1.807, 2.05) is 31.2 Å². The summed E-state index contributed by atoms with van der Waals surface area (Å²) in [6.07, 6.45) is 2.10. The minimum Gasteiger partial charge on any atom is -0.343 e. The fourth-order valence-corrected chi connectivity index (χ4v) is 2.56. The summed E-state index contributed by atoms with van der Waals surface area (Å²) >= 11 is 0. The van der Waals surface area contributed by atoms with E-state index in [9.17, 15) is 4.39 Å². The number of fused-ring (bicyclic) bond motifs is 1. The van der Waals surface area contributed by atoms with E-state index in [2.05, 4.69) is 22.9 Å². The van der Waals surface area contributed by atoms with Gasteiger partial charge in [-0.2, -0.15) is 0 Å². The third-order valence-electron chi connectivity index (χ3n) is 3.58. The van der Waals surface area contributed by atoms with Gasteiger partial charge in [-0.25, -0.2) is 4.39 Å². The molecular formula is C17H17FN2. The smallest absolute Gasteiger partial charge is 0.123 e. The Morgan fingerprint density at radius 1 is 1.10 bits per heavy atom. The van der Waals surface area contributed by atoms with Crippen molar-refractivity contribution in [3.05, 3.63) is 71.7 Å². The summed E-state index contributed by atoms with van der Waals surface area (Å²) in [6.45, 7) is 2.71. The van der Waals surface area contributed by atoms with Crippen molar-refractivity contribution in [1.29, 1.82) is 0 Å². The summed E-state index contributed by atoms with van der Waals surface area (Å²) < 4.78 is 15.1. The predicted molar refractivity (Wildman–Crippen MR) is 80.0 cm³/mol. The summed E-state index contributed by atoms with van der Waals surface area (Å²) in [5.74, 6) is -0.206. The van der Waals surface area contributed by atoms with Gasteiger partial charge in [0.1, 0.15) is 5.82 Å². The molecule has 2 N–H and O–H groups in total. The molecule has 0 amide bonds. The number of benzene rings is 2. The second-order valence-corrected chi connectivity index (χ2v) is 5.14. The highest BCUT2D eigenvalue weighted by Crippen LogP contribution is 2.26. The van der Waals surface area contributed by atoms with Gasteiger partial charge in [0.25, 0.3) is 0 Å². The van der Waals surface area contributed by atoms with Gasteiger partial charge in [0.2, 0.25) is 0 Å². The fraction of sp³-hybridized carbons (Fsp3) is 0.176. The molecule has 0 spiro atoms. The van der Waals surface area contributed by atoms with Crippen molar-refractivity contribution < 1.29 is 4.39 Å². The molecule has 3 aromatic rings. The maximum atomic E-state index is 13.0. The van der Waals surface area contributed by atoms with Gasteiger partial charge in [0, 0.05) is 29.7 Å². The van der Waals surface area contributed by atoms with Gasteiger partial charge < -0.3 is 10.3 Å². The number of rotatable bonds is 3.